The van der Waals surface area contributed by atoms with Gasteiger partial charge in [0.1, 0.15) is 0 Å². The predicted octanol–water partition coefficient (Wildman–Crippen LogP) is 1.49. The van der Waals surface area contributed by atoms with E-state index >= 15 is 0 Å². The molecular weight excluding hydrogens is 344 g/mol. The number of nitrogens with zero attached hydrogens (tertiary/aromatic N) is 2. The first-order valence-electron chi connectivity index (χ1n) is 10.6. The topological polar surface area (TPSA) is 67.4 Å². The summed E-state index contributed by atoms with van der Waals surface area (Å²) in [4.78, 5) is 7.27. The first kappa shape index (κ1) is 22.4. The quantitative estimate of drug-likeness (QED) is 0.338. The molecule has 2 fully saturated rings. The van der Waals surface area contributed by atoms with Crippen LogP contribution >= 0.6 is 0 Å². The lowest BCUT2D eigenvalue weighted by molar-refractivity contribution is -0.00684. The number of rotatable bonds is 10. The second-order valence-corrected chi connectivity index (χ2v) is 8.02. The molecule has 0 aromatic carbocycles. The summed E-state index contributed by atoms with van der Waals surface area (Å²) in [5.74, 6) is 1.57. The Morgan fingerprint density at radius 2 is 1.81 bits per heavy atom. The molecule has 27 heavy (non-hydrogen) atoms. The Morgan fingerprint density at radius 3 is 2.52 bits per heavy atom. The summed E-state index contributed by atoms with van der Waals surface area (Å²) >= 11 is 0. The van der Waals surface area contributed by atoms with Gasteiger partial charge in [0.15, 0.2) is 5.96 Å². The molecule has 0 radical (unpaired) electrons. The molecule has 7 heteroatoms. The van der Waals surface area contributed by atoms with Crippen LogP contribution in [0.3, 0.4) is 0 Å². The van der Waals surface area contributed by atoms with Crippen molar-refractivity contribution >= 4 is 5.96 Å². The molecule has 2 saturated heterocycles. The third kappa shape index (κ3) is 8.77. The van der Waals surface area contributed by atoms with Gasteiger partial charge in [0.05, 0.1) is 19.8 Å². The van der Waals surface area contributed by atoms with Gasteiger partial charge in [-0.05, 0) is 46.0 Å². The molecule has 2 N–H and O–H groups in total. The van der Waals surface area contributed by atoms with Gasteiger partial charge in [0.2, 0.25) is 0 Å². The highest BCUT2D eigenvalue weighted by atomic mass is 16.5. The van der Waals surface area contributed by atoms with Crippen LogP contribution in [0.4, 0.5) is 0 Å². The Morgan fingerprint density at radius 1 is 1.11 bits per heavy atom. The minimum absolute atomic E-state index is 0.0406. The third-order valence-corrected chi connectivity index (χ3v) is 5.29. The minimum Gasteiger partial charge on any atom is -0.381 e. The van der Waals surface area contributed by atoms with Crippen LogP contribution in [0.25, 0.3) is 0 Å². The molecular formula is C20H40N4O3. The van der Waals surface area contributed by atoms with E-state index in [1.54, 1.807) is 0 Å². The lowest BCUT2D eigenvalue weighted by Gasteiger charge is -2.39. The van der Waals surface area contributed by atoms with E-state index in [1.165, 1.54) is 0 Å². The number of hydrogen-bond acceptors (Lipinski definition) is 5. The summed E-state index contributed by atoms with van der Waals surface area (Å²) in [6, 6.07) is 0. The van der Waals surface area contributed by atoms with Gasteiger partial charge in [-0.25, -0.2) is 0 Å². The fourth-order valence-electron chi connectivity index (χ4n) is 3.43. The van der Waals surface area contributed by atoms with E-state index in [1.807, 2.05) is 0 Å². The summed E-state index contributed by atoms with van der Waals surface area (Å²) in [5, 5.41) is 6.77. The van der Waals surface area contributed by atoms with Crippen molar-refractivity contribution < 1.29 is 14.2 Å². The van der Waals surface area contributed by atoms with Crippen molar-refractivity contribution in [2.45, 2.75) is 45.6 Å². The van der Waals surface area contributed by atoms with Crippen molar-refractivity contribution in [2.75, 3.05) is 72.4 Å². The van der Waals surface area contributed by atoms with Crippen LogP contribution in [0, 0.1) is 5.92 Å². The molecule has 0 aliphatic carbocycles. The van der Waals surface area contributed by atoms with Gasteiger partial charge >= 0.3 is 0 Å². The molecule has 0 aromatic rings. The molecule has 0 spiro atoms. The fourth-order valence-corrected chi connectivity index (χ4v) is 3.43. The highest BCUT2D eigenvalue weighted by Crippen LogP contribution is 2.16. The van der Waals surface area contributed by atoms with Crippen LogP contribution < -0.4 is 10.6 Å². The van der Waals surface area contributed by atoms with Crippen LogP contribution in [0.5, 0.6) is 0 Å². The predicted molar refractivity (Wildman–Crippen MR) is 109 cm³/mol. The Bertz CT molecular complexity index is 419. The second kappa shape index (κ2) is 12.5. The zero-order chi connectivity index (χ0) is 19.4. The van der Waals surface area contributed by atoms with Crippen LogP contribution in [0.15, 0.2) is 4.99 Å². The van der Waals surface area contributed by atoms with Crippen molar-refractivity contribution in [1.82, 2.24) is 15.5 Å². The zero-order valence-electron chi connectivity index (χ0n) is 17.6. The highest BCUT2D eigenvalue weighted by Gasteiger charge is 2.28. The average molecular weight is 385 g/mol. The Balaban J connectivity index is 1.63. The molecule has 0 atom stereocenters. The number of nitrogens with one attached hydrogen (secondary N) is 2. The van der Waals surface area contributed by atoms with Crippen molar-refractivity contribution in [2.24, 2.45) is 10.9 Å². The van der Waals surface area contributed by atoms with Crippen molar-refractivity contribution in [3.8, 4) is 0 Å². The Kier molecular flexibility index (Phi) is 10.4. The summed E-state index contributed by atoms with van der Waals surface area (Å²) < 4.78 is 16.7. The van der Waals surface area contributed by atoms with E-state index in [0.29, 0.717) is 5.92 Å². The molecule has 2 rings (SSSR count). The third-order valence-electron chi connectivity index (χ3n) is 5.29. The zero-order valence-corrected chi connectivity index (χ0v) is 17.6. The van der Waals surface area contributed by atoms with E-state index in [4.69, 9.17) is 19.2 Å². The lowest BCUT2D eigenvalue weighted by Crippen LogP contribution is -2.52. The molecule has 158 valence electrons. The normalized spacial score (nSPS) is 20.6. The largest absolute Gasteiger partial charge is 0.381 e. The van der Waals surface area contributed by atoms with Gasteiger partial charge in [0.25, 0.3) is 0 Å². The van der Waals surface area contributed by atoms with E-state index in [9.17, 15) is 0 Å². The molecule has 2 heterocycles. The number of guanidine groups is 1. The maximum Gasteiger partial charge on any atom is 0.191 e. The second-order valence-electron chi connectivity index (χ2n) is 8.02. The molecule has 0 bridgehead atoms. The van der Waals surface area contributed by atoms with Gasteiger partial charge in [0, 0.05) is 58.1 Å². The number of hydrogen-bond donors (Lipinski definition) is 2. The van der Waals surface area contributed by atoms with E-state index < -0.39 is 0 Å². The fraction of sp³-hybridized carbons (Fsp3) is 0.950. The van der Waals surface area contributed by atoms with Crippen LogP contribution in [-0.4, -0.2) is 88.8 Å². The number of ether oxygens (including phenoxy) is 3. The summed E-state index contributed by atoms with van der Waals surface area (Å²) in [7, 11) is 0. The molecule has 0 amide bonds. The first-order valence-corrected chi connectivity index (χ1v) is 10.6. The smallest absolute Gasteiger partial charge is 0.191 e. The molecule has 0 unspecified atom stereocenters. The summed E-state index contributed by atoms with van der Waals surface area (Å²) in [5.41, 5.74) is 0.0406. The molecule has 7 nitrogen and oxygen atoms in total. The monoisotopic (exact) mass is 384 g/mol. The van der Waals surface area contributed by atoms with Crippen molar-refractivity contribution in [3.63, 3.8) is 0 Å². The maximum absolute atomic E-state index is 5.83. The summed E-state index contributed by atoms with van der Waals surface area (Å²) in [6.07, 6.45) is 3.25. The van der Waals surface area contributed by atoms with Gasteiger partial charge in [-0.3, -0.25) is 9.89 Å². The maximum atomic E-state index is 5.83. The van der Waals surface area contributed by atoms with Gasteiger partial charge in [-0.1, -0.05) is 0 Å². The van der Waals surface area contributed by atoms with E-state index in [-0.39, 0.29) is 5.54 Å². The van der Waals surface area contributed by atoms with Crippen molar-refractivity contribution in [3.05, 3.63) is 0 Å². The minimum atomic E-state index is 0.0406. The number of morpholine rings is 1. The van der Waals surface area contributed by atoms with Gasteiger partial charge in [-0.15, -0.1) is 0 Å². The number of aliphatic imine (C=N–C) groups is 1. The molecule has 2 aliphatic rings. The van der Waals surface area contributed by atoms with E-state index in [0.717, 1.165) is 97.6 Å². The summed E-state index contributed by atoms with van der Waals surface area (Å²) in [6.45, 7) is 16.2. The highest BCUT2D eigenvalue weighted by molar-refractivity contribution is 5.79. The first-order chi connectivity index (χ1) is 13.1. The van der Waals surface area contributed by atoms with Crippen LogP contribution in [0.2, 0.25) is 0 Å². The average Bonchev–Trinajstić information content (AvgIpc) is 2.70. The molecule has 0 aromatic heterocycles. The van der Waals surface area contributed by atoms with Crippen molar-refractivity contribution in [1.29, 1.82) is 0 Å². The van der Waals surface area contributed by atoms with E-state index in [2.05, 4.69) is 36.3 Å². The van der Waals surface area contributed by atoms with Gasteiger partial charge in [-0.2, -0.15) is 0 Å². The van der Waals surface area contributed by atoms with Crippen LogP contribution in [-0.2, 0) is 14.2 Å². The Labute approximate surface area is 165 Å². The van der Waals surface area contributed by atoms with Crippen LogP contribution in [0.1, 0.15) is 40.0 Å². The lowest BCUT2D eigenvalue weighted by atomic mass is 10.0. The SMILES string of the molecule is CCNC(=NCC(C)(C)N1CCOCC1)NCCCOCC1CCOCC1. The molecule has 2 aliphatic heterocycles. The van der Waals surface area contributed by atoms with Gasteiger partial charge < -0.3 is 24.8 Å². The molecule has 0 saturated carbocycles. The standard InChI is InChI=1S/C20H40N4O3/c1-4-21-19(23-17-20(2,3)24-9-14-26-15-10-24)22-8-5-11-27-16-18-6-12-25-13-7-18/h18H,4-17H2,1-3H3,(H2,21,22,23). The Hall–Kier alpha value is -0.890.